The molecule has 53 heavy (non-hydrogen) atoms. The number of fused-ring (bicyclic) bond motifs is 8. The van der Waals surface area contributed by atoms with E-state index in [0.29, 0.717) is 66.8 Å². The molecule has 2 bridgehead atoms. The van der Waals surface area contributed by atoms with E-state index in [4.69, 9.17) is 4.74 Å². The maximum Gasteiger partial charge on any atom is 0.410 e. The van der Waals surface area contributed by atoms with Gasteiger partial charge < -0.3 is 19.8 Å². The average molecular weight is 740 g/mol. The first-order chi connectivity index (χ1) is 25.3. The molecular weight excluding hydrogens is 679 g/mol. The van der Waals surface area contributed by atoms with Crippen LogP contribution in [-0.2, 0) is 17.7 Å². The van der Waals surface area contributed by atoms with Crippen molar-refractivity contribution in [2.75, 3.05) is 6.54 Å². The van der Waals surface area contributed by atoms with Crippen molar-refractivity contribution in [2.45, 2.75) is 136 Å². The van der Waals surface area contributed by atoms with Crippen LogP contribution in [0, 0.1) is 30.1 Å². The van der Waals surface area contributed by atoms with Crippen molar-refractivity contribution < 1.29 is 24.5 Å². The van der Waals surface area contributed by atoms with Crippen LogP contribution in [0.1, 0.15) is 135 Å². The third-order valence-corrected chi connectivity index (χ3v) is 14.0. The summed E-state index contributed by atoms with van der Waals surface area (Å²) in [7, 11) is 0. The Morgan fingerprint density at radius 2 is 1.77 bits per heavy atom. The lowest BCUT2D eigenvalue weighted by molar-refractivity contribution is -0.0876. The summed E-state index contributed by atoms with van der Waals surface area (Å²) < 4.78 is 6.48. The Balaban J connectivity index is 1.39. The van der Waals surface area contributed by atoms with Gasteiger partial charge in [0.25, 0.3) is 0 Å². The minimum Gasteiger partial charge on any atom is -0.446 e. The van der Waals surface area contributed by atoms with Crippen LogP contribution in [0.2, 0.25) is 0 Å². The molecule has 286 valence electrons. The summed E-state index contributed by atoms with van der Waals surface area (Å²) in [6, 6.07) is 20.1. The van der Waals surface area contributed by atoms with E-state index in [2.05, 4.69) is 52.8 Å². The molecule has 6 nitrogen and oxygen atoms in total. The molecule has 1 amide bonds. The molecule has 7 rings (SSSR count). The molecular formula is C46H61NO5S. The Labute approximate surface area is 321 Å². The Bertz CT molecular complexity index is 1760. The molecule has 2 aromatic carbocycles. The number of thiophene rings is 1. The molecule has 4 aliphatic rings. The maximum atomic E-state index is 14.5. The number of carbonyl (C=O) groups excluding carboxylic acids is 2. The number of aryl methyl sites for hydroxylation is 1. The van der Waals surface area contributed by atoms with Gasteiger partial charge in [-0.15, -0.1) is 11.3 Å². The summed E-state index contributed by atoms with van der Waals surface area (Å²) in [6.45, 7) is 13.5. The largest absolute Gasteiger partial charge is 0.446 e. The van der Waals surface area contributed by atoms with Crippen LogP contribution < -0.4 is 0 Å². The third-order valence-electron chi connectivity index (χ3n) is 13.0. The summed E-state index contributed by atoms with van der Waals surface area (Å²) in [5, 5.41) is 24.1. The highest BCUT2D eigenvalue weighted by Gasteiger charge is 2.58. The summed E-state index contributed by atoms with van der Waals surface area (Å²) in [5.74, 6) is 1.09. The maximum absolute atomic E-state index is 14.5. The third kappa shape index (κ3) is 8.84. The smallest absolute Gasteiger partial charge is 0.410 e. The van der Waals surface area contributed by atoms with E-state index in [1.54, 1.807) is 4.90 Å². The number of allylic oxidation sites excluding steroid dienone is 2. The van der Waals surface area contributed by atoms with Crippen LogP contribution in [0.25, 0.3) is 0 Å². The standard InChI is InChI=1S/C46H61NO5S/c1-30(2)37-19-15-32(4)25-41(37)52-44(50)47(28-34-12-8-7-9-13-34)29-46(51)24-22-40-38-20-17-35(27-39(38)43(49)42-21-16-33(5)53-42)26-36(48)18-14-31(3)11-10-23-45(40,46)6/h7-9,11-13,16-17,20-21,27,30,32,36-37,40-41,48,51H,10,14-15,18-19,22-26,28-29H2,1-6H3/t32-,36-,37+,40-,41-,45-,46+/m0/s1. The zero-order valence-electron chi connectivity index (χ0n) is 32.8. The second kappa shape index (κ2) is 16.6. The Kier molecular flexibility index (Phi) is 12.4. The number of carbonyl (C=O) groups is 2. The molecule has 7 atom stereocenters. The topological polar surface area (TPSA) is 87.1 Å². The minimum atomic E-state index is -1.24. The van der Waals surface area contributed by atoms with E-state index < -0.39 is 17.1 Å². The molecule has 0 radical (unpaired) electrons. The Morgan fingerprint density at radius 3 is 2.49 bits per heavy atom. The van der Waals surface area contributed by atoms with Gasteiger partial charge in [0.05, 0.1) is 23.1 Å². The van der Waals surface area contributed by atoms with Crippen LogP contribution in [0.3, 0.4) is 0 Å². The average Bonchev–Trinajstić information content (AvgIpc) is 3.66. The van der Waals surface area contributed by atoms with Gasteiger partial charge in [-0.1, -0.05) is 88.2 Å². The fourth-order valence-corrected chi connectivity index (χ4v) is 10.5. The van der Waals surface area contributed by atoms with E-state index in [-0.39, 0.29) is 30.4 Å². The summed E-state index contributed by atoms with van der Waals surface area (Å²) >= 11 is 1.50. The number of rotatable bonds is 8. The fourth-order valence-electron chi connectivity index (χ4n) is 9.64. The second-order valence-electron chi connectivity index (χ2n) is 17.3. The van der Waals surface area contributed by atoms with Crippen LogP contribution in [0.4, 0.5) is 4.79 Å². The van der Waals surface area contributed by atoms with Gasteiger partial charge in [0.1, 0.15) is 6.10 Å². The number of ether oxygens (including phenoxy) is 1. The van der Waals surface area contributed by atoms with Gasteiger partial charge in [0.15, 0.2) is 0 Å². The molecule has 4 aliphatic carbocycles. The molecule has 0 saturated heterocycles. The first-order valence-corrected chi connectivity index (χ1v) is 20.9. The van der Waals surface area contributed by atoms with Crippen LogP contribution >= 0.6 is 11.3 Å². The lowest BCUT2D eigenvalue weighted by Gasteiger charge is -2.46. The zero-order valence-corrected chi connectivity index (χ0v) is 33.6. The van der Waals surface area contributed by atoms with Gasteiger partial charge in [-0.05, 0) is 130 Å². The van der Waals surface area contributed by atoms with Gasteiger partial charge >= 0.3 is 6.09 Å². The number of ketones is 1. The molecule has 2 saturated carbocycles. The van der Waals surface area contributed by atoms with Gasteiger partial charge in [-0.3, -0.25) is 4.79 Å². The molecule has 3 aromatic rings. The first-order valence-electron chi connectivity index (χ1n) is 20.1. The summed E-state index contributed by atoms with van der Waals surface area (Å²) in [6.07, 6.45) is 8.85. The van der Waals surface area contributed by atoms with E-state index in [9.17, 15) is 19.8 Å². The molecule has 0 spiro atoms. The van der Waals surface area contributed by atoms with E-state index in [1.807, 2.05) is 55.5 Å². The predicted octanol–water partition coefficient (Wildman–Crippen LogP) is 10.4. The number of hydrogen-bond acceptors (Lipinski definition) is 6. The number of nitrogens with zero attached hydrogens (tertiary/aromatic N) is 1. The van der Waals surface area contributed by atoms with Crippen LogP contribution in [0.5, 0.6) is 0 Å². The molecule has 7 heteroatoms. The number of hydrogen-bond donors (Lipinski definition) is 2. The predicted molar refractivity (Wildman–Crippen MR) is 214 cm³/mol. The van der Waals surface area contributed by atoms with E-state index >= 15 is 0 Å². The van der Waals surface area contributed by atoms with Gasteiger partial charge in [0.2, 0.25) is 5.78 Å². The number of aliphatic hydroxyl groups is 2. The number of benzene rings is 2. The van der Waals surface area contributed by atoms with Crippen molar-refractivity contribution in [3.05, 3.63) is 104 Å². The van der Waals surface area contributed by atoms with E-state index in [1.165, 1.54) is 16.9 Å². The lowest BCUT2D eigenvalue weighted by Crippen LogP contribution is -2.54. The normalized spacial score (nSPS) is 29.3. The van der Waals surface area contributed by atoms with Crippen LogP contribution in [0.15, 0.2) is 72.3 Å². The monoisotopic (exact) mass is 739 g/mol. The number of amides is 1. The van der Waals surface area contributed by atoms with Crippen molar-refractivity contribution in [3.8, 4) is 0 Å². The molecule has 0 aliphatic heterocycles. The van der Waals surface area contributed by atoms with Crippen molar-refractivity contribution in [2.24, 2.45) is 23.2 Å². The zero-order chi connectivity index (χ0) is 37.9. The van der Waals surface area contributed by atoms with Crippen molar-refractivity contribution in [1.29, 1.82) is 0 Å². The first kappa shape index (κ1) is 39.4. The summed E-state index contributed by atoms with van der Waals surface area (Å²) in [4.78, 5) is 32.3. The van der Waals surface area contributed by atoms with E-state index in [0.717, 1.165) is 53.7 Å². The van der Waals surface area contributed by atoms with Gasteiger partial charge in [0, 0.05) is 22.4 Å². The van der Waals surface area contributed by atoms with Gasteiger partial charge in [-0.2, -0.15) is 0 Å². The second-order valence-corrected chi connectivity index (χ2v) is 18.6. The minimum absolute atomic E-state index is 0.00855. The molecule has 2 N–H and O–H groups in total. The molecule has 1 heterocycles. The molecule has 0 unspecified atom stereocenters. The fraction of sp³-hybridized carbons (Fsp3) is 0.565. The molecule has 1 aromatic heterocycles. The Morgan fingerprint density at radius 1 is 1.00 bits per heavy atom. The highest BCUT2D eigenvalue weighted by atomic mass is 32.1. The van der Waals surface area contributed by atoms with Crippen molar-refractivity contribution in [3.63, 3.8) is 0 Å². The lowest BCUT2D eigenvalue weighted by atomic mass is 9.64. The highest BCUT2D eigenvalue weighted by molar-refractivity contribution is 7.14. The Hall–Kier alpha value is -3.26. The van der Waals surface area contributed by atoms with Crippen LogP contribution in [-0.4, -0.2) is 51.3 Å². The number of aliphatic hydroxyl groups excluding tert-OH is 1. The summed E-state index contributed by atoms with van der Waals surface area (Å²) in [5.41, 5.74) is 2.87. The SMILES string of the molecule is CC1=CCC[C@@]2(C)[C@@H](CC[C@@]2(O)CN(Cc2ccccc2)C(=O)O[C@H]2C[C@@H](C)CC[C@@H]2C(C)C)c2ccc(cc2C(=O)c2ccc(C)s2)C[C@@H](O)CC1. The highest BCUT2D eigenvalue weighted by Crippen LogP contribution is 2.59. The van der Waals surface area contributed by atoms with Crippen molar-refractivity contribution in [1.82, 2.24) is 4.90 Å². The van der Waals surface area contributed by atoms with Crippen molar-refractivity contribution >= 4 is 23.2 Å². The quantitative estimate of drug-likeness (QED) is 0.177. The molecule has 2 fully saturated rings. The van der Waals surface area contributed by atoms with Gasteiger partial charge in [-0.25, -0.2) is 4.79 Å².